The van der Waals surface area contributed by atoms with Crippen molar-refractivity contribution in [1.82, 2.24) is 10.6 Å². The molecule has 0 spiro atoms. The van der Waals surface area contributed by atoms with Gasteiger partial charge in [0.15, 0.2) is 0 Å². The van der Waals surface area contributed by atoms with Crippen LogP contribution in [0.15, 0.2) is 22.7 Å². The predicted molar refractivity (Wildman–Crippen MR) is 48.0 cm³/mol. The predicted octanol–water partition coefficient (Wildman–Crippen LogP) is 1.25. The number of carbonyl (C=O) groups excluding carboxylic acids is 1. The molecule has 0 aromatic rings. The number of nitrogens with one attached hydrogen (secondary N) is 2. The van der Waals surface area contributed by atoms with Crippen LogP contribution >= 0.6 is 0 Å². The van der Waals surface area contributed by atoms with Crippen LogP contribution in [0.5, 0.6) is 0 Å². The monoisotopic (exact) mass is 166 g/mol. The molecule has 1 heterocycles. The Hall–Kier alpha value is -1.25. The van der Waals surface area contributed by atoms with E-state index in [1.165, 1.54) is 0 Å². The lowest BCUT2D eigenvalue weighted by atomic mass is 10.2. The van der Waals surface area contributed by atoms with Crippen molar-refractivity contribution in [3.8, 4) is 0 Å². The van der Waals surface area contributed by atoms with Crippen molar-refractivity contribution in [1.29, 1.82) is 0 Å². The summed E-state index contributed by atoms with van der Waals surface area (Å²) in [4.78, 5) is 11.3. The van der Waals surface area contributed by atoms with E-state index in [9.17, 15) is 4.79 Å². The Morgan fingerprint density at radius 2 is 1.33 bits per heavy atom. The molecular weight excluding hydrogens is 152 g/mol. The Balaban J connectivity index is 3.05. The molecule has 66 valence electrons. The van der Waals surface area contributed by atoms with E-state index < -0.39 is 0 Å². The first kappa shape index (κ1) is 8.84. The highest BCUT2D eigenvalue weighted by atomic mass is 16.1. The van der Waals surface area contributed by atoms with Gasteiger partial charge in [0.25, 0.3) is 5.91 Å². The van der Waals surface area contributed by atoms with Gasteiger partial charge in [0, 0.05) is 22.7 Å². The minimum atomic E-state index is -0.0191. The van der Waals surface area contributed by atoms with E-state index in [0.717, 1.165) is 22.7 Å². The molecule has 0 saturated heterocycles. The van der Waals surface area contributed by atoms with E-state index in [4.69, 9.17) is 0 Å². The maximum atomic E-state index is 11.3. The summed E-state index contributed by atoms with van der Waals surface area (Å²) in [5.41, 5.74) is 3.54. The number of allylic oxidation sites excluding steroid dienone is 3. The third-order valence-electron chi connectivity index (χ3n) is 2.14. The van der Waals surface area contributed by atoms with E-state index in [2.05, 4.69) is 10.6 Å². The van der Waals surface area contributed by atoms with Gasteiger partial charge >= 0.3 is 0 Å². The van der Waals surface area contributed by atoms with Gasteiger partial charge in [0.05, 0.1) is 0 Å². The zero-order valence-electron chi connectivity index (χ0n) is 7.91. The van der Waals surface area contributed by atoms with Crippen LogP contribution in [0, 0.1) is 0 Å². The molecule has 0 fully saturated rings. The molecular formula is C9H14N2O. The van der Waals surface area contributed by atoms with Gasteiger partial charge in [-0.25, -0.2) is 0 Å². The van der Waals surface area contributed by atoms with Gasteiger partial charge in [0.1, 0.15) is 0 Å². The lowest BCUT2D eigenvalue weighted by Gasteiger charge is -2.05. The molecule has 0 aliphatic carbocycles. The minimum absolute atomic E-state index is 0.0191. The van der Waals surface area contributed by atoms with Gasteiger partial charge in [-0.3, -0.25) is 4.79 Å². The molecule has 1 aliphatic rings. The Bertz CT molecular complexity index is 287. The van der Waals surface area contributed by atoms with Crippen LogP contribution in [-0.2, 0) is 4.79 Å². The van der Waals surface area contributed by atoms with Crippen LogP contribution < -0.4 is 10.6 Å². The average molecular weight is 166 g/mol. The van der Waals surface area contributed by atoms with Crippen LogP contribution in [0.25, 0.3) is 0 Å². The van der Waals surface area contributed by atoms with Crippen LogP contribution in [0.2, 0.25) is 0 Å². The van der Waals surface area contributed by atoms with Crippen molar-refractivity contribution in [2.24, 2.45) is 0 Å². The van der Waals surface area contributed by atoms with Crippen molar-refractivity contribution >= 4 is 5.91 Å². The molecule has 0 aromatic heterocycles. The minimum Gasteiger partial charge on any atom is -0.361 e. The molecule has 12 heavy (non-hydrogen) atoms. The molecule has 3 heteroatoms. The molecule has 0 radical (unpaired) electrons. The van der Waals surface area contributed by atoms with Crippen LogP contribution in [-0.4, -0.2) is 5.91 Å². The van der Waals surface area contributed by atoms with E-state index in [-0.39, 0.29) is 5.91 Å². The number of hydrogen-bond acceptors (Lipinski definition) is 2. The molecule has 1 aliphatic heterocycles. The number of carbonyl (C=O) groups is 1. The summed E-state index contributed by atoms with van der Waals surface area (Å²) >= 11 is 0. The fourth-order valence-corrected chi connectivity index (χ4v) is 0.997. The SMILES string of the molecule is CC1=C(C)NC(C)=C(C)C(=O)N1. The zero-order chi connectivity index (χ0) is 9.30. The second-order valence-electron chi connectivity index (χ2n) is 3.08. The molecule has 0 saturated carbocycles. The van der Waals surface area contributed by atoms with E-state index in [1.54, 1.807) is 0 Å². The molecule has 1 rings (SSSR count). The maximum absolute atomic E-state index is 11.3. The summed E-state index contributed by atoms with van der Waals surface area (Å²) in [6.45, 7) is 7.53. The van der Waals surface area contributed by atoms with Crippen LogP contribution in [0.4, 0.5) is 0 Å². The lowest BCUT2D eigenvalue weighted by molar-refractivity contribution is -0.116. The van der Waals surface area contributed by atoms with Crippen molar-refractivity contribution in [2.75, 3.05) is 0 Å². The first-order valence-electron chi connectivity index (χ1n) is 3.95. The number of amides is 1. The molecule has 0 unspecified atom stereocenters. The van der Waals surface area contributed by atoms with Crippen molar-refractivity contribution in [3.63, 3.8) is 0 Å². The fourth-order valence-electron chi connectivity index (χ4n) is 0.997. The standard InChI is InChI=1S/C9H14N2O/c1-5-6(2)10-7(3)8(4)11-9(5)12/h10H,1-4H3,(H,11,12). The van der Waals surface area contributed by atoms with Gasteiger partial charge in [0.2, 0.25) is 0 Å². The molecule has 0 atom stereocenters. The number of rotatable bonds is 0. The summed E-state index contributed by atoms with van der Waals surface area (Å²) in [6.07, 6.45) is 0. The maximum Gasteiger partial charge on any atom is 0.252 e. The Morgan fingerprint density at radius 1 is 0.833 bits per heavy atom. The Kier molecular flexibility index (Phi) is 2.22. The van der Waals surface area contributed by atoms with Crippen molar-refractivity contribution in [2.45, 2.75) is 27.7 Å². The highest BCUT2D eigenvalue weighted by Crippen LogP contribution is 2.09. The summed E-state index contributed by atoms with van der Waals surface area (Å²) in [6, 6.07) is 0. The normalized spacial score (nSPS) is 18.8. The second-order valence-corrected chi connectivity index (χ2v) is 3.08. The first-order valence-corrected chi connectivity index (χ1v) is 3.95. The summed E-state index contributed by atoms with van der Waals surface area (Å²) in [5.74, 6) is -0.0191. The van der Waals surface area contributed by atoms with Gasteiger partial charge < -0.3 is 10.6 Å². The second kappa shape index (κ2) is 3.01. The van der Waals surface area contributed by atoms with Crippen LogP contribution in [0.3, 0.4) is 0 Å². The molecule has 0 bridgehead atoms. The smallest absolute Gasteiger partial charge is 0.252 e. The summed E-state index contributed by atoms with van der Waals surface area (Å²) < 4.78 is 0. The molecule has 3 nitrogen and oxygen atoms in total. The molecule has 1 amide bonds. The number of hydrogen-bond donors (Lipinski definition) is 2. The van der Waals surface area contributed by atoms with Gasteiger partial charge in [-0.05, 0) is 27.7 Å². The van der Waals surface area contributed by atoms with E-state index in [1.807, 2.05) is 27.7 Å². The Labute approximate surface area is 72.5 Å². The molecule has 0 aromatic carbocycles. The van der Waals surface area contributed by atoms with E-state index in [0.29, 0.717) is 0 Å². The largest absolute Gasteiger partial charge is 0.361 e. The topological polar surface area (TPSA) is 41.1 Å². The average Bonchev–Trinajstić information content (AvgIpc) is 2.07. The Morgan fingerprint density at radius 3 is 1.92 bits per heavy atom. The first-order chi connectivity index (χ1) is 5.52. The quantitative estimate of drug-likeness (QED) is 0.568. The highest BCUT2D eigenvalue weighted by Gasteiger charge is 2.13. The van der Waals surface area contributed by atoms with E-state index >= 15 is 0 Å². The van der Waals surface area contributed by atoms with Gasteiger partial charge in [-0.15, -0.1) is 0 Å². The third-order valence-corrected chi connectivity index (χ3v) is 2.14. The molecule has 2 N–H and O–H groups in total. The van der Waals surface area contributed by atoms with Crippen LogP contribution in [0.1, 0.15) is 27.7 Å². The van der Waals surface area contributed by atoms with Crippen molar-refractivity contribution < 1.29 is 4.79 Å². The zero-order valence-corrected chi connectivity index (χ0v) is 7.91. The van der Waals surface area contributed by atoms with Crippen molar-refractivity contribution in [3.05, 3.63) is 22.7 Å². The summed E-state index contributed by atoms with van der Waals surface area (Å²) in [7, 11) is 0. The third kappa shape index (κ3) is 1.49. The highest BCUT2D eigenvalue weighted by molar-refractivity contribution is 5.95. The fraction of sp³-hybridized carbons (Fsp3) is 0.444. The lowest BCUT2D eigenvalue weighted by Crippen LogP contribution is -2.21. The van der Waals surface area contributed by atoms with Gasteiger partial charge in [-0.1, -0.05) is 0 Å². The summed E-state index contributed by atoms with van der Waals surface area (Å²) in [5, 5.41) is 5.94. The van der Waals surface area contributed by atoms with Gasteiger partial charge in [-0.2, -0.15) is 0 Å².